The molecule has 0 aliphatic rings. The first-order valence-electron chi connectivity index (χ1n) is 0.365. The molecular weight excluding hydrogens is 101 g/mol. The quantitative estimate of drug-likeness (QED) is 0.180. The predicted molar refractivity (Wildman–Crippen MR) is 12.8 cm³/mol. The molecule has 0 aromatic carbocycles. The van der Waals surface area contributed by atoms with Crippen LogP contribution in [0.15, 0.2) is 5.34 Å². The summed E-state index contributed by atoms with van der Waals surface area (Å²) < 4.78 is 0. The van der Waals surface area contributed by atoms with Gasteiger partial charge in [-0.15, -0.1) is 5.34 Å². The molecule has 0 aliphatic carbocycles. The third kappa shape index (κ3) is 45.2. The molecular formula is H2KNO3. The Bertz CT molecular complexity index is 14.4. The monoisotopic (exact) mass is 103 g/mol. The molecule has 0 saturated heterocycles. The van der Waals surface area contributed by atoms with E-state index in [9.17, 15) is 0 Å². The van der Waals surface area contributed by atoms with E-state index in [1.165, 1.54) is 0 Å². The van der Waals surface area contributed by atoms with E-state index < -0.39 is 0 Å². The summed E-state index contributed by atoms with van der Waals surface area (Å²) in [7, 11) is 0. The summed E-state index contributed by atoms with van der Waals surface area (Å²) in [5, 5.41) is 9.00. The Hall–Kier alpha value is 0.996. The second kappa shape index (κ2) is 20.0. The first kappa shape index (κ1) is 16.7. The van der Waals surface area contributed by atoms with Crippen LogP contribution in [0.5, 0.6) is 0 Å². The Balaban J connectivity index is -0.0000000200. The van der Waals surface area contributed by atoms with Crippen molar-refractivity contribution in [1.82, 2.24) is 0 Å². The molecule has 0 fully saturated rings. The van der Waals surface area contributed by atoms with E-state index in [0.29, 0.717) is 0 Å². The third-order valence-corrected chi connectivity index (χ3v) is 0. The largest absolute Gasteiger partial charge is 1.00 e. The smallest absolute Gasteiger partial charge is 0.444 e. The maximum Gasteiger partial charge on any atom is 1.00 e. The van der Waals surface area contributed by atoms with Crippen molar-refractivity contribution in [2.24, 2.45) is 5.34 Å². The number of hydrogen-bond donors (Lipinski definition) is 0. The van der Waals surface area contributed by atoms with E-state index in [1.54, 1.807) is 0 Å². The van der Waals surface area contributed by atoms with Crippen LogP contribution in [0, 0.1) is 10.1 Å². The van der Waals surface area contributed by atoms with E-state index in [0.717, 1.165) is 5.34 Å². The summed E-state index contributed by atoms with van der Waals surface area (Å²) in [6.07, 6.45) is 0. The Labute approximate surface area is 71.2 Å². The van der Waals surface area contributed by atoms with E-state index in [1.807, 2.05) is 0 Å². The fourth-order valence-corrected chi connectivity index (χ4v) is 0. The second-order valence-corrected chi connectivity index (χ2v) is 0.0745. The molecule has 4 nitrogen and oxygen atoms in total. The summed E-state index contributed by atoms with van der Waals surface area (Å²) in [5.41, 5.74) is 0. The van der Waals surface area contributed by atoms with Gasteiger partial charge in [-0.2, -0.15) is 0 Å². The van der Waals surface area contributed by atoms with Crippen molar-refractivity contribution < 1.29 is 56.9 Å². The normalized spacial score (nSPS) is 2.40. The molecule has 5 heavy (non-hydrogen) atoms. The van der Waals surface area contributed by atoms with E-state index in [-0.39, 0.29) is 56.9 Å². The van der Waals surface area contributed by atoms with E-state index in [4.69, 9.17) is 10.1 Å². The minimum atomic E-state index is 0. The van der Waals surface area contributed by atoms with Crippen LogP contribution in [-0.2, 0) is 0 Å². The molecule has 0 spiro atoms. The van der Waals surface area contributed by atoms with Crippen LogP contribution in [-0.4, -0.2) is 5.48 Å². The molecule has 2 N–H and O–H groups in total. The zero-order valence-electron chi connectivity index (χ0n) is 2.76. The van der Waals surface area contributed by atoms with Gasteiger partial charge >= 0.3 is 51.4 Å². The van der Waals surface area contributed by atoms with Crippen molar-refractivity contribution in [2.45, 2.75) is 0 Å². The van der Waals surface area contributed by atoms with Crippen LogP contribution in [0.3, 0.4) is 0 Å². The van der Waals surface area contributed by atoms with Crippen LogP contribution >= 0.6 is 0 Å². The van der Waals surface area contributed by atoms with Gasteiger partial charge in [-0.25, -0.2) is 0 Å². The molecule has 0 aliphatic heterocycles. The van der Waals surface area contributed by atoms with Crippen molar-refractivity contribution in [3.63, 3.8) is 0 Å². The van der Waals surface area contributed by atoms with Crippen molar-refractivity contribution in [3.8, 4) is 0 Å². The number of rotatable bonds is 0. The molecule has 0 saturated carbocycles. The number of nitrogens with zero attached hydrogens (tertiary/aromatic N) is 1. The fourth-order valence-electron chi connectivity index (χ4n) is 0. The molecule has 0 rings (SSSR count). The molecule has 0 aromatic rings. The molecule has 5 heteroatoms. The average molecular weight is 103 g/mol. The van der Waals surface area contributed by atoms with Crippen molar-refractivity contribution in [1.29, 1.82) is 0 Å². The molecule has 26 valence electrons. The molecule has 0 amide bonds. The van der Waals surface area contributed by atoms with Crippen molar-refractivity contribution >= 4 is 0 Å². The summed E-state index contributed by atoms with van der Waals surface area (Å²) >= 11 is 0. The summed E-state index contributed by atoms with van der Waals surface area (Å²) in [6, 6.07) is 0. The van der Waals surface area contributed by atoms with Crippen LogP contribution in [0.25, 0.3) is 0 Å². The van der Waals surface area contributed by atoms with Crippen LogP contribution in [0.1, 0.15) is 0 Å². The van der Waals surface area contributed by atoms with Gasteiger partial charge in [0.15, 0.2) is 0 Å². The molecule has 0 unspecified atom stereocenters. The maximum absolute atomic E-state index is 8.00. The van der Waals surface area contributed by atoms with Crippen LogP contribution < -0.4 is 51.4 Å². The average Bonchev–Trinajstić information content (AvgIpc) is 0.918. The molecule has 0 atom stereocenters. The predicted octanol–water partition coefficient (Wildman–Crippen LogP) is -3.57. The SMILES string of the molecule is O.O=N[O-].[K+]. The van der Waals surface area contributed by atoms with Gasteiger partial charge in [-0.1, -0.05) is 0 Å². The van der Waals surface area contributed by atoms with Gasteiger partial charge in [-0.3, -0.25) is 0 Å². The first-order chi connectivity index (χ1) is 1.41. The molecule has 0 bridgehead atoms. The van der Waals surface area contributed by atoms with Crippen LogP contribution in [0.4, 0.5) is 0 Å². The minimum Gasteiger partial charge on any atom is -0.444 e. The van der Waals surface area contributed by atoms with Gasteiger partial charge in [0.25, 0.3) is 0 Å². The van der Waals surface area contributed by atoms with Gasteiger partial charge in [0, 0.05) is 0 Å². The van der Waals surface area contributed by atoms with E-state index >= 15 is 0 Å². The summed E-state index contributed by atoms with van der Waals surface area (Å²) in [5.74, 6) is 0. The van der Waals surface area contributed by atoms with Crippen molar-refractivity contribution in [2.75, 3.05) is 0 Å². The van der Waals surface area contributed by atoms with Gasteiger partial charge < -0.3 is 15.6 Å². The summed E-state index contributed by atoms with van der Waals surface area (Å²) in [6.45, 7) is 0. The van der Waals surface area contributed by atoms with Gasteiger partial charge in [-0.05, 0) is 0 Å². The van der Waals surface area contributed by atoms with Gasteiger partial charge in [0.2, 0.25) is 0 Å². The van der Waals surface area contributed by atoms with E-state index in [2.05, 4.69) is 0 Å². The van der Waals surface area contributed by atoms with Gasteiger partial charge in [0.1, 0.15) is 0 Å². The second-order valence-electron chi connectivity index (χ2n) is 0.0745. The fraction of sp³-hybridized carbons (Fsp3) is 0. The Morgan fingerprint density at radius 3 is 1.60 bits per heavy atom. The Morgan fingerprint density at radius 2 is 1.60 bits per heavy atom. The number of hydrogen-bond acceptors (Lipinski definition) is 3. The topological polar surface area (TPSA) is 84.0 Å². The molecule has 0 aromatic heterocycles. The van der Waals surface area contributed by atoms with Crippen LogP contribution in [0.2, 0.25) is 0 Å². The zero-order chi connectivity index (χ0) is 2.71. The van der Waals surface area contributed by atoms with Crippen molar-refractivity contribution in [3.05, 3.63) is 10.1 Å². The third-order valence-electron chi connectivity index (χ3n) is 0. The zero-order valence-corrected chi connectivity index (χ0v) is 5.89. The standard InChI is InChI=1S/K.HNO2.H2O/c;2-1-3;/h;(H,2,3);1H2/q+1;;/p-1. The summed E-state index contributed by atoms with van der Waals surface area (Å²) in [4.78, 5) is 8.00. The maximum atomic E-state index is 8.00. The Morgan fingerprint density at radius 1 is 1.60 bits per heavy atom. The Kier molecular flexibility index (Phi) is 66.8. The molecule has 0 heterocycles. The first-order valence-corrected chi connectivity index (χ1v) is 0.365. The minimum absolute atomic E-state index is 0. The molecule has 0 radical (unpaired) electrons. The van der Waals surface area contributed by atoms with Gasteiger partial charge in [0.05, 0.1) is 0 Å².